The van der Waals surface area contributed by atoms with Crippen LogP contribution in [0.15, 0.2) is 24.3 Å². The van der Waals surface area contributed by atoms with Crippen LogP contribution >= 0.6 is 0 Å². The molecule has 0 rings (SSSR count). The minimum absolute atomic E-state index is 0.872. The van der Waals surface area contributed by atoms with Gasteiger partial charge in [0, 0.05) is 6.08 Å². The molecule has 0 saturated heterocycles. The van der Waals surface area contributed by atoms with Gasteiger partial charge in [-0.15, -0.1) is 0 Å². The van der Waals surface area contributed by atoms with Gasteiger partial charge in [0.25, 0.3) is 0 Å². The van der Waals surface area contributed by atoms with Crippen LogP contribution in [0.5, 0.6) is 0 Å². The van der Waals surface area contributed by atoms with Crippen molar-refractivity contribution >= 4 is 5.97 Å². The highest BCUT2D eigenvalue weighted by molar-refractivity contribution is 5.80. The second kappa shape index (κ2) is 21.2. The predicted octanol–water partition coefficient (Wildman–Crippen LogP) is 5.07. The van der Waals surface area contributed by atoms with Crippen LogP contribution in [0.1, 0.15) is 78.1 Å². The van der Waals surface area contributed by atoms with Crippen LogP contribution in [0.2, 0.25) is 0 Å². The van der Waals surface area contributed by atoms with Gasteiger partial charge in [0.1, 0.15) is 0 Å². The monoisotopic (exact) mass is 297 g/mol. The van der Waals surface area contributed by atoms with E-state index in [0.29, 0.717) is 0 Å². The third kappa shape index (κ3) is 27.9. The zero-order valence-electron chi connectivity index (χ0n) is 14.0. The molecule has 3 heteroatoms. The smallest absolute Gasteiger partial charge is 0.328 e. The zero-order chi connectivity index (χ0) is 16.2. The molecular formula is C18H35NO2. The van der Waals surface area contributed by atoms with Crippen molar-refractivity contribution < 1.29 is 9.90 Å². The summed E-state index contributed by atoms with van der Waals surface area (Å²) in [6.45, 7) is 4.97. The zero-order valence-corrected chi connectivity index (χ0v) is 14.0. The van der Waals surface area contributed by atoms with E-state index in [0.717, 1.165) is 12.6 Å². The molecule has 3 nitrogen and oxygen atoms in total. The van der Waals surface area contributed by atoms with Crippen molar-refractivity contribution in [1.29, 1.82) is 0 Å². The van der Waals surface area contributed by atoms with E-state index in [-0.39, 0.29) is 0 Å². The van der Waals surface area contributed by atoms with E-state index in [2.05, 4.69) is 6.92 Å². The Morgan fingerprint density at radius 3 is 1.76 bits per heavy atom. The molecular weight excluding hydrogens is 262 g/mol. The number of unbranched alkanes of at least 4 members (excludes halogenated alkanes) is 9. The largest absolute Gasteiger partial charge is 0.478 e. The van der Waals surface area contributed by atoms with E-state index in [1.807, 2.05) is 6.92 Å². The Morgan fingerprint density at radius 1 is 0.905 bits per heavy atom. The first kappa shape index (κ1) is 22.2. The van der Waals surface area contributed by atoms with Crippen LogP contribution in [-0.4, -0.2) is 17.6 Å². The number of carboxylic acids is 1. The van der Waals surface area contributed by atoms with Crippen molar-refractivity contribution in [3.05, 3.63) is 24.3 Å². The average molecular weight is 297 g/mol. The lowest BCUT2D eigenvalue weighted by Gasteiger charge is -2.00. The molecule has 0 aliphatic carbocycles. The Balaban J connectivity index is 0. The number of rotatable bonds is 12. The molecule has 124 valence electrons. The number of hydrogen-bond acceptors (Lipinski definition) is 2. The maximum absolute atomic E-state index is 9.75. The Hall–Kier alpha value is -1.09. The Morgan fingerprint density at radius 2 is 1.38 bits per heavy atom. The molecule has 0 unspecified atom stereocenters. The molecule has 0 bridgehead atoms. The maximum atomic E-state index is 9.75. The minimum atomic E-state index is -0.914. The lowest BCUT2D eigenvalue weighted by molar-refractivity contribution is -0.131. The summed E-state index contributed by atoms with van der Waals surface area (Å²) in [4.78, 5) is 9.75. The molecule has 3 N–H and O–H groups in total. The third-order valence-electron chi connectivity index (χ3n) is 3.10. The van der Waals surface area contributed by atoms with Crippen LogP contribution in [0, 0.1) is 0 Å². The predicted molar refractivity (Wildman–Crippen MR) is 92.5 cm³/mol. The molecule has 0 heterocycles. The van der Waals surface area contributed by atoms with E-state index in [1.165, 1.54) is 70.3 Å². The quantitative estimate of drug-likeness (QED) is 0.300. The van der Waals surface area contributed by atoms with Gasteiger partial charge in [0.15, 0.2) is 0 Å². The number of carboxylic acid groups (broad SMARTS) is 1. The van der Waals surface area contributed by atoms with E-state index < -0.39 is 5.97 Å². The lowest BCUT2D eigenvalue weighted by Crippen LogP contribution is -1.97. The molecule has 0 amide bonds. The number of carbonyl (C=O) groups is 1. The fourth-order valence-corrected chi connectivity index (χ4v) is 1.88. The Bertz CT molecular complexity index is 250. The fourth-order valence-electron chi connectivity index (χ4n) is 1.88. The lowest BCUT2D eigenvalue weighted by atomic mass is 10.1. The van der Waals surface area contributed by atoms with Crippen LogP contribution in [0.25, 0.3) is 0 Å². The van der Waals surface area contributed by atoms with E-state index in [1.54, 1.807) is 12.2 Å². The van der Waals surface area contributed by atoms with Gasteiger partial charge in [-0.3, -0.25) is 0 Å². The summed E-state index contributed by atoms with van der Waals surface area (Å²) in [5, 5.41) is 8.02. The standard InChI is InChI=1S/C12H27N.C6H8O2/c1-2-3-4-5-6-7-8-9-10-11-12-13;1-2-3-4-5-6(7)8/h2-13H2,1H3;2-5H,1H3,(H,7,8)/b;3-2+,5-4+. The van der Waals surface area contributed by atoms with Gasteiger partial charge in [-0.1, -0.05) is 82.9 Å². The van der Waals surface area contributed by atoms with Crippen molar-refractivity contribution in [2.24, 2.45) is 5.73 Å². The first-order valence-electron chi connectivity index (χ1n) is 8.41. The van der Waals surface area contributed by atoms with Crippen LogP contribution in [0.3, 0.4) is 0 Å². The summed E-state index contributed by atoms with van der Waals surface area (Å²) in [6, 6.07) is 0. The van der Waals surface area contributed by atoms with Gasteiger partial charge in [-0.05, 0) is 19.9 Å². The SMILES string of the molecule is C/C=C/C=C/C(=O)O.CCCCCCCCCCCCN. The van der Waals surface area contributed by atoms with E-state index in [9.17, 15) is 4.79 Å². The van der Waals surface area contributed by atoms with Gasteiger partial charge >= 0.3 is 5.97 Å². The number of allylic oxidation sites excluding steroid dienone is 3. The molecule has 0 atom stereocenters. The third-order valence-corrected chi connectivity index (χ3v) is 3.10. The summed E-state index contributed by atoms with van der Waals surface area (Å²) in [6.07, 6.45) is 19.9. The summed E-state index contributed by atoms with van der Waals surface area (Å²) in [7, 11) is 0. The maximum Gasteiger partial charge on any atom is 0.328 e. The molecule has 0 saturated carbocycles. The van der Waals surface area contributed by atoms with E-state index in [4.69, 9.17) is 10.8 Å². The average Bonchev–Trinajstić information content (AvgIpc) is 2.46. The molecule has 0 radical (unpaired) electrons. The molecule has 0 fully saturated rings. The Kier molecular flexibility index (Phi) is 22.4. The molecule has 21 heavy (non-hydrogen) atoms. The summed E-state index contributed by atoms with van der Waals surface area (Å²) in [5.41, 5.74) is 5.42. The second-order valence-corrected chi connectivity index (χ2v) is 5.19. The fraction of sp³-hybridized carbons (Fsp3) is 0.722. The Labute approximate surface area is 131 Å². The number of hydrogen-bond donors (Lipinski definition) is 2. The molecule has 0 aliphatic rings. The van der Waals surface area contributed by atoms with Crippen molar-refractivity contribution in [3.63, 3.8) is 0 Å². The first-order chi connectivity index (χ1) is 10.2. The van der Waals surface area contributed by atoms with Gasteiger partial charge in [-0.25, -0.2) is 4.79 Å². The molecule has 0 aromatic heterocycles. The van der Waals surface area contributed by atoms with E-state index >= 15 is 0 Å². The van der Waals surface area contributed by atoms with Crippen LogP contribution in [0.4, 0.5) is 0 Å². The summed E-state index contributed by atoms with van der Waals surface area (Å²) < 4.78 is 0. The molecule has 0 aliphatic heterocycles. The van der Waals surface area contributed by atoms with Gasteiger partial charge < -0.3 is 10.8 Å². The highest BCUT2D eigenvalue weighted by Crippen LogP contribution is 2.09. The van der Waals surface area contributed by atoms with Crippen molar-refractivity contribution in [2.45, 2.75) is 78.1 Å². The van der Waals surface area contributed by atoms with Crippen LogP contribution < -0.4 is 5.73 Å². The van der Waals surface area contributed by atoms with Gasteiger partial charge in [0.2, 0.25) is 0 Å². The van der Waals surface area contributed by atoms with Crippen molar-refractivity contribution in [2.75, 3.05) is 6.54 Å². The van der Waals surface area contributed by atoms with Gasteiger partial charge in [0.05, 0.1) is 0 Å². The molecule has 0 aromatic carbocycles. The first-order valence-corrected chi connectivity index (χ1v) is 8.41. The highest BCUT2D eigenvalue weighted by Gasteiger charge is 1.91. The molecule has 0 spiro atoms. The van der Waals surface area contributed by atoms with Crippen molar-refractivity contribution in [3.8, 4) is 0 Å². The number of nitrogens with two attached hydrogens (primary N) is 1. The molecule has 0 aromatic rings. The minimum Gasteiger partial charge on any atom is -0.478 e. The van der Waals surface area contributed by atoms with Gasteiger partial charge in [-0.2, -0.15) is 0 Å². The highest BCUT2D eigenvalue weighted by atomic mass is 16.4. The van der Waals surface area contributed by atoms with Crippen molar-refractivity contribution in [1.82, 2.24) is 0 Å². The van der Waals surface area contributed by atoms with Crippen LogP contribution in [-0.2, 0) is 4.79 Å². The topological polar surface area (TPSA) is 63.3 Å². The normalized spacial score (nSPS) is 10.8. The summed E-state index contributed by atoms with van der Waals surface area (Å²) >= 11 is 0. The number of aliphatic carboxylic acids is 1. The summed E-state index contributed by atoms with van der Waals surface area (Å²) in [5.74, 6) is -0.914. The second-order valence-electron chi connectivity index (χ2n) is 5.19.